The Balaban J connectivity index is 2.14. The van der Waals surface area contributed by atoms with Gasteiger partial charge in [0.15, 0.2) is 0 Å². The van der Waals surface area contributed by atoms with E-state index in [1.807, 2.05) is 30.3 Å². The highest BCUT2D eigenvalue weighted by Gasteiger charge is 2.06. The smallest absolute Gasteiger partial charge is 0.219 e. The SMILES string of the molecule is CC(C)NCc1nc(Oc2cccc(I)c2)ccc1Cl. The molecule has 0 spiro atoms. The third-order valence-electron chi connectivity index (χ3n) is 2.59. The Morgan fingerprint density at radius 2 is 2.10 bits per heavy atom. The average Bonchev–Trinajstić information content (AvgIpc) is 2.39. The van der Waals surface area contributed by atoms with Crippen molar-refractivity contribution in [3.63, 3.8) is 0 Å². The van der Waals surface area contributed by atoms with Crippen LogP contribution in [0, 0.1) is 3.57 Å². The average molecular weight is 403 g/mol. The van der Waals surface area contributed by atoms with Gasteiger partial charge >= 0.3 is 0 Å². The summed E-state index contributed by atoms with van der Waals surface area (Å²) in [5, 5.41) is 3.95. The van der Waals surface area contributed by atoms with E-state index in [1.165, 1.54) is 0 Å². The van der Waals surface area contributed by atoms with E-state index in [2.05, 4.69) is 46.7 Å². The second kappa shape index (κ2) is 7.24. The quantitative estimate of drug-likeness (QED) is 0.741. The molecule has 0 saturated heterocycles. The van der Waals surface area contributed by atoms with Gasteiger partial charge in [-0.1, -0.05) is 31.5 Å². The minimum absolute atomic E-state index is 0.383. The van der Waals surface area contributed by atoms with Crippen molar-refractivity contribution in [2.75, 3.05) is 0 Å². The van der Waals surface area contributed by atoms with Crippen LogP contribution in [-0.4, -0.2) is 11.0 Å². The van der Waals surface area contributed by atoms with Gasteiger partial charge in [-0.05, 0) is 46.9 Å². The minimum atomic E-state index is 0.383. The molecule has 0 unspecified atom stereocenters. The lowest BCUT2D eigenvalue weighted by Crippen LogP contribution is -2.22. The molecule has 1 N–H and O–H groups in total. The highest BCUT2D eigenvalue weighted by Crippen LogP contribution is 2.24. The first-order chi connectivity index (χ1) is 9.54. The van der Waals surface area contributed by atoms with Crippen LogP contribution in [0.4, 0.5) is 0 Å². The van der Waals surface area contributed by atoms with Gasteiger partial charge in [0.1, 0.15) is 5.75 Å². The van der Waals surface area contributed by atoms with E-state index in [9.17, 15) is 0 Å². The zero-order valence-corrected chi connectivity index (χ0v) is 14.3. The minimum Gasteiger partial charge on any atom is -0.439 e. The van der Waals surface area contributed by atoms with Crippen molar-refractivity contribution >= 4 is 34.2 Å². The zero-order valence-electron chi connectivity index (χ0n) is 11.4. The molecule has 0 aliphatic heterocycles. The summed E-state index contributed by atoms with van der Waals surface area (Å²) in [6.07, 6.45) is 0. The van der Waals surface area contributed by atoms with E-state index < -0.39 is 0 Å². The van der Waals surface area contributed by atoms with Gasteiger partial charge in [0.05, 0.1) is 10.7 Å². The topological polar surface area (TPSA) is 34.2 Å². The molecular formula is C15H16ClIN2O. The lowest BCUT2D eigenvalue weighted by atomic mass is 10.3. The van der Waals surface area contributed by atoms with E-state index in [0.717, 1.165) is 15.0 Å². The van der Waals surface area contributed by atoms with Crippen LogP contribution >= 0.6 is 34.2 Å². The number of aromatic nitrogens is 1. The zero-order chi connectivity index (χ0) is 14.5. The van der Waals surface area contributed by atoms with Crippen LogP contribution in [0.2, 0.25) is 5.02 Å². The molecule has 0 amide bonds. The fourth-order valence-electron chi connectivity index (χ4n) is 1.60. The van der Waals surface area contributed by atoms with E-state index >= 15 is 0 Å². The molecular weight excluding hydrogens is 387 g/mol. The molecule has 1 aromatic heterocycles. The summed E-state index contributed by atoms with van der Waals surface area (Å²) in [5.41, 5.74) is 0.795. The Bertz CT molecular complexity index is 590. The van der Waals surface area contributed by atoms with Crippen molar-refractivity contribution < 1.29 is 4.74 Å². The molecule has 0 atom stereocenters. The second-order valence-corrected chi connectivity index (χ2v) is 6.33. The van der Waals surface area contributed by atoms with Crippen LogP contribution in [0.25, 0.3) is 0 Å². The molecule has 0 aliphatic rings. The van der Waals surface area contributed by atoms with Crippen molar-refractivity contribution in [3.8, 4) is 11.6 Å². The first kappa shape index (κ1) is 15.5. The predicted octanol–water partition coefficient (Wildman–Crippen LogP) is 4.63. The van der Waals surface area contributed by atoms with E-state index in [0.29, 0.717) is 23.5 Å². The van der Waals surface area contributed by atoms with Gasteiger partial charge in [-0.25, -0.2) is 4.98 Å². The van der Waals surface area contributed by atoms with E-state index in [1.54, 1.807) is 6.07 Å². The van der Waals surface area contributed by atoms with Gasteiger partial charge in [0.25, 0.3) is 0 Å². The van der Waals surface area contributed by atoms with Gasteiger partial charge in [-0.15, -0.1) is 0 Å². The van der Waals surface area contributed by atoms with Crippen LogP contribution in [0.5, 0.6) is 11.6 Å². The Morgan fingerprint density at radius 3 is 2.80 bits per heavy atom. The maximum Gasteiger partial charge on any atom is 0.219 e. The molecule has 3 nitrogen and oxygen atoms in total. The first-order valence-electron chi connectivity index (χ1n) is 6.37. The lowest BCUT2D eigenvalue weighted by Gasteiger charge is -2.11. The molecule has 0 bridgehead atoms. The third kappa shape index (κ3) is 4.61. The Morgan fingerprint density at radius 1 is 1.30 bits per heavy atom. The number of benzene rings is 1. The van der Waals surface area contributed by atoms with Gasteiger partial charge < -0.3 is 10.1 Å². The number of halogens is 2. The summed E-state index contributed by atoms with van der Waals surface area (Å²) >= 11 is 8.40. The molecule has 0 radical (unpaired) electrons. The molecule has 1 aromatic carbocycles. The first-order valence-corrected chi connectivity index (χ1v) is 7.82. The van der Waals surface area contributed by atoms with Crippen molar-refractivity contribution in [2.24, 2.45) is 0 Å². The van der Waals surface area contributed by atoms with Gasteiger partial charge in [-0.2, -0.15) is 0 Å². The summed E-state index contributed by atoms with van der Waals surface area (Å²) in [6.45, 7) is 4.79. The Hall–Kier alpha value is -0.850. The number of hydrogen-bond donors (Lipinski definition) is 1. The summed E-state index contributed by atoms with van der Waals surface area (Å²) in [4.78, 5) is 4.45. The maximum absolute atomic E-state index is 6.15. The van der Waals surface area contributed by atoms with E-state index in [4.69, 9.17) is 16.3 Å². The third-order valence-corrected chi connectivity index (χ3v) is 3.60. The van der Waals surface area contributed by atoms with Crippen LogP contribution in [0.15, 0.2) is 36.4 Å². The second-order valence-electron chi connectivity index (χ2n) is 4.67. The molecule has 2 aromatic rings. The largest absolute Gasteiger partial charge is 0.439 e. The van der Waals surface area contributed by atoms with Crippen molar-refractivity contribution in [2.45, 2.75) is 26.4 Å². The van der Waals surface area contributed by atoms with Crippen molar-refractivity contribution in [1.82, 2.24) is 10.3 Å². The summed E-state index contributed by atoms with van der Waals surface area (Å²) in [5.74, 6) is 1.33. The number of hydrogen-bond acceptors (Lipinski definition) is 3. The van der Waals surface area contributed by atoms with Crippen LogP contribution < -0.4 is 10.1 Å². The maximum atomic E-state index is 6.15. The molecule has 0 saturated carbocycles. The molecule has 2 rings (SSSR count). The fraction of sp³-hybridized carbons (Fsp3) is 0.267. The molecule has 5 heteroatoms. The molecule has 0 fully saturated rings. The molecule has 0 aliphatic carbocycles. The number of nitrogens with one attached hydrogen (secondary N) is 1. The Labute approximate surface area is 137 Å². The van der Waals surface area contributed by atoms with E-state index in [-0.39, 0.29) is 0 Å². The van der Waals surface area contributed by atoms with Crippen molar-refractivity contribution in [3.05, 3.63) is 50.7 Å². The van der Waals surface area contributed by atoms with Gasteiger partial charge in [0.2, 0.25) is 5.88 Å². The van der Waals surface area contributed by atoms with Crippen LogP contribution in [0.1, 0.15) is 19.5 Å². The highest BCUT2D eigenvalue weighted by atomic mass is 127. The predicted molar refractivity (Wildman–Crippen MR) is 90.5 cm³/mol. The number of nitrogens with zero attached hydrogens (tertiary/aromatic N) is 1. The summed E-state index contributed by atoms with van der Waals surface area (Å²) < 4.78 is 6.88. The monoisotopic (exact) mass is 402 g/mol. The van der Waals surface area contributed by atoms with Gasteiger partial charge in [0, 0.05) is 22.2 Å². The van der Waals surface area contributed by atoms with Crippen molar-refractivity contribution in [1.29, 1.82) is 0 Å². The number of pyridine rings is 1. The Kier molecular flexibility index (Phi) is 5.63. The normalized spacial score (nSPS) is 10.8. The molecule has 20 heavy (non-hydrogen) atoms. The summed E-state index contributed by atoms with van der Waals surface area (Å²) in [6, 6.07) is 11.8. The fourth-order valence-corrected chi connectivity index (χ4v) is 2.28. The molecule has 1 heterocycles. The van der Waals surface area contributed by atoms with Crippen LogP contribution in [0.3, 0.4) is 0 Å². The standard InChI is InChI=1S/C15H16ClIN2O/c1-10(2)18-9-14-13(16)6-7-15(19-14)20-12-5-3-4-11(17)8-12/h3-8,10,18H,9H2,1-2H3. The highest BCUT2D eigenvalue weighted by molar-refractivity contribution is 14.1. The molecule has 106 valence electrons. The number of rotatable bonds is 5. The number of ether oxygens (including phenoxy) is 1. The van der Waals surface area contributed by atoms with Gasteiger partial charge in [-0.3, -0.25) is 0 Å². The lowest BCUT2D eigenvalue weighted by molar-refractivity contribution is 0.458. The van der Waals surface area contributed by atoms with Crippen LogP contribution in [-0.2, 0) is 6.54 Å². The summed E-state index contributed by atoms with van der Waals surface area (Å²) in [7, 11) is 0.